The number of hydrogen-bond acceptors (Lipinski definition) is 5. The highest BCUT2D eigenvalue weighted by atomic mass is 16.5. The topological polar surface area (TPSA) is 89.2 Å². The van der Waals surface area contributed by atoms with Gasteiger partial charge in [-0.2, -0.15) is 10.4 Å². The van der Waals surface area contributed by atoms with E-state index in [1.165, 1.54) is 0 Å². The molecular formula is C25H26N4O3. The van der Waals surface area contributed by atoms with Crippen molar-refractivity contribution in [3.8, 4) is 28.8 Å². The number of ether oxygens (including phenoxy) is 2. The van der Waals surface area contributed by atoms with Gasteiger partial charge in [-0.15, -0.1) is 0 Å². The van der Waals surface area contributed by atoms with E-state index < -0.39 is 5.91 Å². The average molecular weight is 431 g/mol. The summed E-state index contributed by atoms with van der Waals surface area (Å²) in [6.07, 6.45) is 3.40. The zero-order valence-electron chi connectivity index (χ0n) is 18.6. The molecule has 3 aromatic rings. The summed E-state index contributed by atoms with van der Waals surface area (Å²) in [5.74, 6) is 0.748. The highest BCUT2D eigenvalue weighted by Crippen LogP contribution is 2.33. The molecule has 0 aliphatic heterocycles. The average Bonchev–Trinajstić information content (AvgIpc) is 3.19. The Labute approximate surface area is 187 Å². The van der Waals surface area contributed by atoms with E-state index in [0.717, 1.165) is 11.1 Å². The minimum absolute atomic E-state index is 0.0136. The smallest absolute Gasteiger partial charge is 0.262 e. The maximum Gasteiger partial charge on any atom is 0.262 e. The van der Waals surface area contributed by atoms with Crippen LogP contribution in [0.25, 0.3) is 17.3 Å². The second-order valence-electron chi connectivity index (χ2n) is 7.48. The van der Waals surface area contributed by atoms with Crippen LogP contribution in [0, 0.1) is 11.3 Å². The van der Waals surface area contributed by atoms with E-state index in [4.69, 9.17) is 14.6 Å². The first-order valence-corrected chi connectivity index (χ1v) is 10.2. The predicted octanol–water partition coefficient (Wildman–Crippen LogP) is 4.05. The van der Waals surface area contributed by atoms with Gasteiger partial charge in [-0.3, -0.25) is 9.48 Å². The molecular weight excluding hydrogens is 404 g/mol. The molecule has 7 nitrogen and oxygen atoms in total. The van der Waals surface area contributed by atoms with Gasteiger partial charge < -0.3 is 14.8 Å². The van der Waals surface area contributed by atoms with E-state index in [1.54, 1.807) is 31.0 Å². The molecule has 1 aromatic heterocycles. The SMILES string of the molecule is COc1ccc(-c2nn(Cc3ccccc3)cc2/C=C(\C#N)C(=O)NC(C)C)cc1OC. The summed E-state index contributed by atoms with van der Waals surface area (Å²) in [4.78, 5) is 12.5. The normalized spacial score (nSPS) is 11.2. The van der Waals surface area contributed by atoms with Crippen LogP contribution in [0.15, 0.2) is 60.3 Å². The molecule has 7 heteroatoms. The van der Waals surface area contributed by atoms with E-state index in [-0.39, 0.29) is 11.6 Å². The molecule has 0 aliphatic carbocycles. The van der Waals surface area contributed by atoms with E-state index in [2.05, 4.69) is 5.32 Å². The molecule has 0 radical (unpaired) electrons. The summed E-state index contributed by atoms with van der Waals surface area (Å²) in [5, 5.41) is 17.1. The van der Waals surface area contributed by atoms with Gasteiger partial charge >= 0.3 is 0 Å². The number of rotatable bonds is 8. The van der Waals surface area contributed by atoms with Gasteiger partial charge in [-0.1, -0.05) is 30.3 Å². The fraction of sp³-hybridized carbons (Fsp3) is 0.240. The highest BCUT2D eigenvalue weighted by molar-refractivity contribution is 6.02. The number of hydrogen-bond donors (Lipinski definition) is 1. The largest absolute Gasteiger partial charge is 0.493 e. The van der Waals surface area contributed by atoms with E-state index >= 15 is 0 Å². The minimum Gasteiger partial charge on any atom is -0.493 e. The summed E-state index contributed by atoms with van der Waals surface area (Å²) in [6, 6.07) is 17.4. The van der Waals surface area contributed by atoms with Crippen LogP contribution in [0.1, 0.15) is 25.0 Å². The molecule has 164 valence electrons. The van der Waals surface area contributed by atoms with Crippen LogP contribution in [-0.2, 0) is 11.3 Å². The standard InChI is InChI=1S/C25H26N4O3/c1-17(2)27-25(30)20(14-26)12-21-16-29(15-18-8-6-5-7-9-18)28-24(21)19-10-11-22(31-3)23(13-19)32-4/h5-13,16-17H,15H2,1-4H3,(H,27,30)/b20-12+. The quantitative estimate of drug-likeness (QED) is 0.430. The third kappa shape index (κ3) is 5.35. The number of carbonyl (C=O) groups is 1. The van der Waals surface area contributed by atoms with Crippen molar-refractivity contribution >= 4 is 12.0 Å². The number of methoxy groups -OCH3 is 2. The van der Waals surface area contributed by atoms with Gasteiger partial charge in [0.1, 0.15) is 11.6 Å². The van der Waals surface area contributed by atoms with Crippen molar-refractivity contribution in [2.24, 2.45) is 0 Å². The lowest BCUT2D eigenvalue weighted by Gasteiger charge is -2.09. The van der Waals surface area contributed by atoms with Crippen LogP contribution in [0.3, 0.4) is 0 Å². The molecule has 32 heavy (non-hydrogen) atoms. The Morgan fingerprint density at radius 2 is 1.88 bits per heavy atom. The molecule has 0 unspecified atom stereocenters. The Kier molecular flexibility index (Phi) is 7.29. The van der Waals surface area contributed by atoms with Crippen molar-refractivity contribution in [1.82, 2.24) is 15.1 Å². The Morgan fingerprint density at radius 1 is 1.16 bits per heavy atom. The fourth-order valence-electron chi connectivity index (χ4n) is 3.25. The molecule has 0 fully saturated rings. The summed E-state index contributed by atoms with van der Waals surface area (Å²) in [6.45, 7) is 4.24. The number of nitriles is 1. The first kappa shape index (κ1) is 22.6. The van der Waals surface area contributed by atoms with Gasteiger partial charge in [-0.05, 0) is 43.7 Å². The third-order valence-electron chi connectivity index (χ3n) is 4.72. The van der Waals surface area contributed by atoms with Crippen molar-refractivity contribution < 1.29 is 14.3 Å². The number of amides is 1. The van der Waals surface area contributed by atoms with E-state index in [0.29, 0.717) is 29.3 Å². The summed E-state index contributed by atoms with van der Waals surface area (Å²) < 4.78 is 12.6. The lowest BCUT2D eigenvalue weighted by molar-refractivity contribution is -0.117. The van der Waals surface area contributed by atoms with Gasteiger partial charge in [0, 0.05) is 23.4 Å². The maximum atomic E-state index is 12.5. The molecule has 0 bridgehead atoms. The van der Waals surface area contributed by atoms with Gasteiger partial charge in [0.2, 0.25) is 0 Å². The Balaban J connectivity index is 2.09. The second kappa shape index (κ2) is 10.3. The lowest BCUT2D eigenvalue weighted by Crippen LogP contribution is -2.30. The van der Waals surface area contributed by atoms with Crippen molar-refractivity contribution in [2.75, 3.05) is 14.2 Å². The Morgan fingerprint density at radius 3 is 2.50 bits per heavy atom. The van der Waals surface area contributed by atoms with Gasteiger partial charge in [0.25, 0.3) is 5.91 Å². The molecule has 1 heterocycles. The third-order valence-corrected chi connectivity index (χ3v) is 4.72. The highest BCUT2D eigenvalue weighted by Gasteiger charge is 2.16. The lowest BCUT2D eigenvalue weighted by atomic mass is 10.0. The van der Waals surface area contributed by atoms with Crippen LogP contribution >= 0.6 is 0 Å². The minimum atomic E-state index is -0.420. The van der Waals surface area contributed by atoms with Crippen molar-refractivity contribution in [3.05, 3.63) is 71.4 Å². The van der Waals surface area contributed by atoms with E-state index in [1.807, 2.05) is 68.6 Å². The predicted molar refractivity (Wildman–Crippen MR) is 123 cm³/mol. The fourth-order valence-corrected chi connectivity index (χ4v) is 3.25. The number of nitrogens with zero attached hydrogens (tertiary/aromatic N) is 3. The number of benzene rings is 2. The van der Waals surface area contributed by atoms with Crippen molar-refractivity contribution in [3.63, 3.8) is 0 Å². The zero-order chi connectivity index (χ0) is 23.1. The van der Waals surface area contributed by atoms with Gasteiger partial charge in [-0.25, -0.2) is 0 Å². The summed E-state index contributed by atoms with van der Waals surface area (Å²) in [7, 11) is 3.15. The molecule has 0 saturated carbocycles. The molecule has 2 aromatic carbocycles. The zero-order valence-corrected chi connectivity index (χ0v) is 18.6. The molecule has 0 saturated heterocycles. The summed E-state index contributed by atoms with van der Waals surface area (Å²) >= 11 is 0. The van der Waals surface area contributed by atoms with Crippen LogP contribution in [0.5, 0.6) is 11.5 Å². The number of nitrogens with one attached hydrogen (secondary N) is 1. The molecule has 0 aliphatic rings. The van der Waals surface area contributed by atoms with Crippen LogP contribution < -0.4 is 14.8 Å². The second-order valence-corrected chi connectivity index (χ2v) is 7.48. The van der Waals surface area contributed by atoms with Gasteiger partial charge in [0.05, 0.1) is 26.5 Å². The van der Waals surface area contributed by atoms with E-state index in [9.17, 15) is 10.1 Å². The van der Waals surface area contributed by atoms with Crippen molar-refractivity contribution in [2.45, 2.75) is 26.4 Å². The van der Waals surface area contributed by atoms with Crippen molar-refractivity contribution in [1.29, 1.82) is 5.26 Å². The molecule has 0 spiro atoms. The first-order valence-electron chi connectivity index (χ1n) is 10.2. The maximum absolute atomic E-state index is 12.5. The number of aromatic nitrogens is 2. The first-order chi connectivity index (χ1) is 15.4. The Bertz CT molecular complexity index is 1160. The summed E-state index contributed by atoms with van der Waals surface area (Å²) in [5.41, 5.74) is 3.17. The molecule has 1 amide bonds. The van der Waals surface area contributed by atoms with Crippen LogP contribution in [-0.4, -0.2) is 35.9 Å². The molecule has 3 rings (SSSR count). The monoisotopic (exact) mass is 430 g/mol. The number of carbonyl (C=O) groups excluding carboxylic acids is 1. The molecule has 1 N–H and O–H groups in total. The van der Waals surface area contributed by atoms with Crippen LogP contribution in [0.2, 0.25) is 0 Å². The Hall–Kier alpha value is -4.05. The van der Waals surface area contributed by atoms with Gasteiger partial charge in [0.15, 0.2) is 11.5 Å². The van der Waals surface area contributed by atoms with Crippen LogP contribution in [0.4, 0.5) is 0 Å². The molecule has 0 atom stereocenters.